The minimum atomic E-state index is -4.59. The predicted octanol–water partition coefficient (Wildman–Crippen LogP) is 5.54. The Balaban J connectivity index is 2.65. The van der Waals surface area contributed by atoms with Gasteiger partial charge < -0.3 is 0 Å². The molecule has 0 atom stereocenters. The number of carbonyl (C=O) groups excluding carboxylic acids is 1. The quantitative estimate of drug-likeness (QED) is 0.523. The van der Waals surface area contributed by atoms with E-state index in [1.54, 1.807) is 0 Å². The average molecular weight is 355 g/mol. The minimum Gasteiger partial charge on any atom is -0.298 e. The van der Waals surface area contributed by atoms with E-state index in [1.807, 2.05) is 0 Å². The Kier molecular flexibility index (Phi) is 4.46. The summed E-state index contributed by atoms with van der Waals surface area (Å²) >= 11 is 17.6. The van der Waals surface area contributed by atoms with E-state index in [1.165, 1.54) is 12.1 Å². The van der Waals surface area contributed by atoms with E-state index in [9.17, 15) is 18.0 Å². The van der Waals surface area contributed by atoms with Crippen LogP contribution in [0.2, 0.25) is 15.1 Å². The second-order valence-corrected chi connectivity index (χ2v) is 5.25. The lowest BCUT2D eigenvalue weighted by Crippen LogP contribution is -2.07. The molecule has 0 saturated carbocycles. The van der Waals surface area contributed by atoms with E-state index in [-0.39, 0.29) is 38.2 Å². The van der Waals surface area contributed by atoms with Crippen molar-refractivity contribution in [1.82, 2.24) is 4.98 Å². The Morgan fingerprint density at radius 2 is 1.62 bits per heavy atom. The maximum Gasteiger partial charge on any atom is 0.417 e. The molecule has 1 heterocycles. The van der Waals surface area contributed by atoms with Gasteiger partial charge in [0, 0.05) is 17.3 Å². The van der Waals surface area contributed by atoms with Crippen LogP contribution in [0.4, 0.5) is 13.2 Å². The topological polar surface area (TPSA) is 30.0 Å². The van der Waals surface area contributed by atoms with Gasteiger partial charge in [-0.2, -0.15) is 13.2 Å². The van der Waals surface area contributed by atoms with Crippen LogP contribution < -0.4 is 0 Å². The molecule has 8 heteroatoms. The standard InChI is InChI=1S/C13H5Cl3F3NO/c14-9-3-11(16)10(15)2-8(9)12-6(5-21)1-7(4-20-12)13(17,18)19/h1-5H. The van der Waals surface area contributed by atoms with Gasteiger partial charge in [0.05, 0.1) is 26.3 Å². The highest BCUT2D eigenvalue weighted by Gasteiger charge is 2.32. The fraction of sp³-hybridized carbons (Fsp3) is 0.0769. The number of hydrogen-bond donors (Lipinski definition) is 0. The van der Waals surface area contributed by atoms with E-state index in [0.717, 1.165) is 0 Å². The minimum absolute atomic E-state index is 0.00145. The van der Waals surface area contributed by atoms with Gasteiger partial charge in [0.15, 0.2) is 6.29 Å². The number of aldehydes is 1. The van der Waals surface area contributed by atoms with Gasteiger partial charge in [0.2, 0.25) is 0 Å². The molecule has 0 aliphatic heterocycles. The molecule has 0 bridgehead atoms. The molecule has 2 nitrogen and oxygen atoms in total. The van der Waals surface area contributed by atoms with Crippen molar-refractivity contribution in [2.45, 2.75) is 6.18 Å². The molecule has 0 fully saturated rings. The highest BCUT2D eigenvalue weighted by molar-refractivity contribution is 6.44. The van der Waals surface area contributed by atoms with Crippen molar-refractivity contribution >= 4 is 41.1 Å². The largest absolute Gasteiger partial charge is 0.417 e. The van der Waals surface area contributed by atoms with E-state index in [0.29, 0.717) is 12.3 Å². The molecule has 110 valence electrons. The first-order valence-electron chi connectivity index (χ1n) is 5.41. The van der Waals surface area contributed by atoms with Crippen LogP contribution in [0, 0.1) is 0 Å². The second kappa shape index (κ2) is 5.83. The van der Waals surface area contributed by atoms with Crippen LogP contribution in [0.25, 0.3) is 11.3 Å². The third-order valence-electron chi connectivity index (χ3n) is 2.64. The first kappa shape index (κ1) is 16.1. The van der Waals surface area contributed by atoms with Gasteiger partial charge in [-0.15, -0.1) is 0 Å². The van der Waals surface area contributed by atoms with Crippen molar-refractivity contribution in [3.05, 3.63) is 50.6 Å². The summed E-state index contributed by atoms with van der Waals surface area (Å²) in [7, 11) is 0. The predicted molar refractivity (Wildman–Crippen MR) is 75.1 cm³/mol. The normalized spacial score (nSPS) is 11.5. The SMILES string of the molecule is O=Cc1cc(C(F)(F)F)cnc1-c1cc(Cl)c(Cl)cc1Cl. The van der Waals surface area contributed by atoms with Crippen molar-refractivity contribution < 1.29 is 18.0 Å². The number of rotatable bonds is 2. The second-order valence-electron chi connectivity index (χ2n) is 4.02. The van der Waals surface area contributed by atoms with Crippen LogP contribution in [0.1, 0.15) is 15.9 Å². The highest BCUT2D eigenvalue weighted by Crippen LogP contribution is 2.37. The summed E-state index contributed by atoms with van der Waals surface area (Å²) in [6.45, 7) is 0. The zero-order valence-electron chi connectivity index (χ0n) is 10.0. The van der Waals surface area contributed by atoms with Crippen LogP contribution in [0.5, 0.6) is 0 Å². The smallest absolute Gasteiger partial charge is 0.298 e. The molecule has 2 rings (SSSR count). The zero-order valence-corrected chi connectivity index (χ0v) is 12.3. The van der Waals surface area contributed by atoms with Crippen molar-refractivity contribution in [2.75, 3.05) is 0 Å². The molecule has 0 N–H and O–H groups in total. The van der Waals surface area contributed by atoms with Crippen molar-refractivity contribution in [2.24, 2.45) is 0 Å². The number of nitrogens with zero attached hydrogens (tertiary/aromatic N) is 1. The summed E-state index contributed by atoms with van der Waals surface area (Å²) in [4.78, 5) is 14.7. The Labute approximate surface area is 132 Å². The maximum absolute atomic E-state index is 12.6. The lowest BCUT2D eigenvalue weighted by molar-refractivity contribution is -0.137. The average Bonchev–Trinajstić information content (AvgIpc) is 2.41. The van der Waals surface area contributed by atoms with Crippen LogP contribution in [-0.4, -0.2) is 11.3 Å². The molecule has 21 heavy (non-hydrogen) atoms. The molecule has 2 aromatic rings. The number of halogens is 6. The number of carbonyl (C=O) groups is 1. The molecule has 0 saturated heterocycles. The van der Waals surface area contributed by atoms with Crippen LogP contribution in [0.15, 0.2) is 24.4 Å². The lowest BCUT2D eigenvalue weighted by atomic mass is 10.0. The number of hydrogen-bond acceptors (Lipinski definition) is 2. The summed E-state index contributed by atoms with van der Waals surface area (Å²) in [5.74, 6) is 0. The molecule has 1 aromatic carbocycles. The summed E-state index contributed by atoms with van der Waals surface area (Å²) in [6, 6.07) is 3.37. The van der Waals surface area contributed by atoms with Crippen molar-refractivity contribution in [1.29, 1.82) is 0 Å². The fourth-order valence-electron chi connectivity index (χ4n) is 1.66. The molecule has 0 amide bonds. The number of aromatic nitrogens is 1. The molecular formula is C13H5Cl3F3NO. The van der Waals surface area contributed by atoms with E-state index in [2.05, 4.69) is 4.98 Å². The van der Waals surface area contributed by atoms with Gasteiger partial charge in [-0.05, 0) is 18.2 Å². The zero-order chi connectivity index (χ0) is 15.8. The van der Waals surface area contributed by atoms with Crippen LogP contribution in [-0.2, 0) is 6.18 Å². The van der Waals surface area contributed by atoms with Gasteiger partial charge in [-0.25, -0.2) is 0 Å². The Morgan fingerprint density at radius 1 is 1.00 bits per heavy atom. The van der Waals surface area contributed by atoms with E-state index >= 15 is 0 Å². The highest BCUT2D eigenvalue weighted by atomic mass is 35.5. The van der Waals surface area contributed by atoms with Gasteiger partial charge in [-0.3, -0.25) is 9.78 Å². The van der Waals surface area contributed by atoms with Crippen LogP contribution >= 0.6 is 34.8 Å². The molecule has 0 aliphatic rings. The Hall–Kier alpha value is -1.30. The summed E-state index contributed by atoms with van der Waals surface area (Å²) in [5.41, 5.74) is -1.04. The molecule has 0 radical (unpaired) electrons. The summed E-state index contributed by atoms with van der Waals surface area (Å²) < 4.78 is 37.8. The first-order valence-corrected chi connectivity index (χ1v) is 6.54. The third kappa shape index (κ3) is 3.31. The first-order chi connectivity index (χ1) is 9.74. The van der Waals surface area contributed by atoms with Crippen molar-refractivity contribution in [3.8, 4) is 11.3 Å². The fourth-order valence-corrected chi connectivity index (χ4v) is 2.29. The summed E-state index contributed by atoms with van der Waals surface area (Å²) in [6.07, 6.45) is -3.69. The molecule has 1 aromatic heterocycles. The Morgan fingerprint density at radius 3 is 2.19 bits per heavy atom. The molecule has 0 aliphatic carbocycles. The van der Waals surface area contributed by atoms with Gasteiger partial charge in [0.1, 0.15) is 0 Å². The monoisotopic (exact) mass is 353 g/mol. The summed E-state index contributed by atoms with van der Waals surface area (Å²) in [5, 5.41) is 0.458. The van der Waals surface area contributed by atoms with Gasteiger partial charge in [0.25, 0.3) is 0 Å². The number of pyridine rings is 1. The molecule has 0 spiro atoms. The van der Waals surface area contributed by atoms with E-state index < -0.39 is 11.7 Å². The maximum atomic E-state index is 12.6. The van der Waals surface area contributed by atoms with E-state index in [4.69, 9.17) is 34.8 Å². The van der Waals surface area contributed by atoms with Crippen LogP contribution in [0.3, 0.4) is 0 Å². The molecular weight excluding hydrogens is 350 g/mol. The number of alkyl halides is 3. The number of benzene rings is 1. The lowest BCUT2D eigenvalue weighted by Gasteiger charge is -2.11. The molecule has 0 unspecified atom stereocenters. The van der Waals surface area contributed by atoms with Crippen molar-refractivity contribution in [3.63, 3.8) is 0 Å². The van der Waals surface area contributed by atoms with Gasteiger partial charge >= 0.3 is 6.18 Å². The van der Waals surface area contributed by atoms with Gasteiger partial charge in [-0.1, -0.05) is 34.8 Å². The Bertz CT molecular complexity index is 717. The third-order valence-corrected chi connectivity index (χ3v) is 3.67.